The van der Waals surface area contributed by atoms with Gasteiger partial charge in [0.25, 0.3) is 0 Å². The molecule has 1 rings (SSSR count). The van der Waals surface area contributed by atoms with Crippen LogP contribution in [0.15, 0.2) is 22.7 Å². The van der Waals surface area contributed by atoms with E-state index < -0.39 is 0 Å². The lowest BCUT2D eigenvalue weighted by Gasteiger charge is -2.05. The van der Waals surface area contributed by atoms with Crippen molar-refractivity contribution in [3.05, 3.63) is 27.7 Å². The van der Waals surface area contributed by atoms with E-state index >= 15 is 0 Å². The molecule has 1 aromatic carbocycles. The molecule has 0 atom stereocenters. The summed E-state index contributed by atoms with van der Waals surface area (Å²) in [6.45, 7) is 1.40. The molecule has 0 aliphatic rings. The molecule has 0 saturated carbocycles. The second kappa shape index (κ2) is 4.70. The van der Waals surface area contributed by atoms with Crippen molar-refractivity contribution >= 4 is 33.2 Å². The summed E-state index contributed by atoms with van der Waals surface area (Å²) in [5.74, 6) is 0. The smallest absolute Gasteiger partial charge is 0.0549 e. The monoisotopic (exact) mass is 248 g/mol. The van der Waals surface area contributed by atoms with Crippen LogP contribution in [0.4, 0.5) is 5.69 Å². The fourth-order valence-electron chi connectivity index (χ4n) is 0.823. The SMILES string of the molecule is NCCNc1ccc(Cl)c(Br)c1. The van der Waals surface area contributed by atoms with Crippen molar-refractivity contribution in [2.45, 2.75) is 0 Å². The lowest BCUT2D eigenvalue weighted by molar-refractivity contribution is 1.02. The highest BCUT2D eigenvalue weighted by molar-refractivity contribution is 9.10. The number of halogens is 2. The average molecular weight is 250 g/mol. The van der Waals surface area contributed by atoms with Crippen LogP contribution < -0.4 is 11.1 Å². The first-order valence-corrected chi connectivity index (χ1v) is 4.80. The number of benzene rings is 1. The quantitative estimate of drug-likeness (QED) is 0.864. The third-order valence-corrected chi connectivity index (χ3v) is 2.61. The minimum atomic E-state index is 0.625. The van der Waals surface area contributed by atoms with Crippen molar-refractivity contribution in [1.82, 2.24) is 0 Å². The summed E-state index contributed by atoms with van der Waals surface area (Å²) in [7, 11) is 0. The first kappa shape index (κ1) is 9.84. The summed E-state index contributed by atoms with van der Waals surface area (Å²) in [4.78, 5) is 0. The van der Waals surface area contributed by atoms with Gasteiger partial charge >= 0.3 is 0 Å². The van der Waals surface area contributed by atoms with Crippen LogP contribution in [0.25, 0.3) is 0 Å². The third-order valence-electron chi connectivity index (χ3n) is 1.39. The Morgan fingerprint density at radius 2 is 2.25 bits per heavy atom. The molecule has 2 nitrogen and oxygen atoms in total. The predicted octanol–water partition coefficient (Wildman–Crippen LogP) is 2.47. The normalized spacial score (nSPS) is 9.92. The molecule has 0 amide bonds. The molecule has 12 heavy (non-hydrogen) atoms. The minimum absolute atomic E-state index is 0.625. The van der Waals surface area contributed by atoms with Gasteiger partial charge in [0.2, 0.25) is 0 Å². The molecule has 0 spiro atoms. The highest BCUT2D eigenvalue weighted by atomic mass is 79.9. The minimum Gasteiger partial charge on any atom is -0.384 e. The maximum Gasteiger partial charge on any atom is 0.0549 e. The van der Waals surface area contributed by atoms with Crippen molar-refractivity contribution < 1.29 is 0 Å². The van der Waals surface area contributed by atoms with Crippen molar-refractivity contribution in [2.24, 2.45) is 5.73 Å². The van der Waals surface area contributed by atoms with Gasteiger partial charge in [0, 0.05) is 23.2 Å². The summed E-state index contributed by atoms with van der Waals surface area (Å²) >= 11 is 9.15. The van der Waals surface area contributed by atoms with E-state index in [1.54, 1.807) is 0 Å². The van der Waals surface area contributed by atoms with Gasteiger partial charge in [-0.15, -0.1) is 0 Å². The summed E-state index contributed by atoms with van der Waals surface area (Å²) in [6, 6.07) is 5.69. The van der Waals surface area contributed by atoms with Gasteiger partial charge in [-0.25, -0.2) is 0 Å². The summed E-state index contributed by atoms with van der Waals surface area (Å²) in [5, 5.41) is 3.86. The predicted molar refractivity (Wildman–Crippen MR) is 56.7 cm³/mol. The molecule has 0 aliphatic heterocycles. The second-order valence-electron chi connectivity index (χ2n) is 2.34. The average Bonchev–Trinajstić information content (AvgIpc) is 2.07. The van der Waals surface area contributed by atoms with Crippen LogP contribution in [-0.4, -0.2) is 13.1 Å². The van der Waals surface area contributed by atoms with Crippen LogP contribution in [0, 0.1) is 0 Å². The number of hydrogen-bond donors (Lipinski definition) is 2. The van der Waals surface area contributed by atoms with E-state index in [0.717, 1.165) is 16.7 Å². The Balaban J connectivity index is 2.69. The highest BCUT2D eigenvalue weighted by Gasteiger charge is 1.97. The number of nitrogens with two attached hydrogens (primary N) is 1. The van der Waals surface area contributed by atoms with E-state index in [4.69, 9.17) is 17.3 Å². The second-order valence-corrected chi connectivity index (χ2v) is 3.61. The lowest BCUT2D eigenvalue weighted by Crippen LogP contribution is -2.12. The first-order chi connectivity index (χ1) is 5.74. The Morgan fingerprint density at radius 3 is 2.83 bits per heavy atom. The van der Waals surface area contributed by atoms with Gasteiger partial charge in [-0.05, 0) is 34.1 Å². The zero-order valence-corrected chi connectivity index (χ0v) is 8.82. The van der Waals surface area contributed by atoms with E-state index in [-0.39, 0.29) is 0 Å². The molecule has 4 heteroatoms. The Kier molecular flexibility index (Phi) is 3.85. The van der Waals surface area contributed by atoms with E-state index in [1.807, 2.05) is 18.2 Å². The van der Waals surface area contributed by atoms with E-state index in [1.165, 1.54) is 0 Å². The standard InChI is InChI=1S/C8H10BrClN2/c9-7-5-6(12-4-3-11)1-2-8(7)10/h1-2,5,12H,3-4,11H2. The van der Waals surface area contributed by atoms with Crippen LogP contribution in [0.2, 0.25) is 5.02 Å². The number of nitrogens with one attached hydrogen (secondary N) is 1. The number of anilines is 1. The van der Waals surface area contributed by atoms with Gasteiger partial charge < -0.3 is 11.1 Å². The van der Waals surface area contributed by atoms with Gasteiger partial charge in [-0.1, -0.05) is 11.6 Å². The summed E-state index contributed by atoms with van der Waals surface area (Å²) in [5.41, 5.74) is 6.37. The molecule has 0 saturated heterocycles. The third kappa shape index (κ3) is 2.66. The summed E-state index contributed by atoms with van der Waals surface area (Å²) in [6.07, 6.45) is 0. The molecule has 0 aliphatic carbocycles. The van der Waals surface area contributed by atoms with Gasteiger partial charge in [0.05, 0.1) is 5.02 Å². The van der Waals surface area contributed by atoms with Crippen molar-refractivity contribution in [2.75, 3.05) is 18.4 Å². The fourth-order valence-corrected chi connectivity index (χ4v) is 1.32. The Labute approximate surface area is 85.2 Å². The fraction of sp³-hybridized carbons (Fsp3) is 0.250. The van der Waals surface area contributed by atoms with Crippen LogP contribution in [-0.2, 0) is 0 Å². The molecule has 1 aromatic rings. The van der Waals surface area contributed by atoms with E-state index in [2.05, 4.69) is 21.2 Å². The molecule has 0 unspecified atom stereocenters. The van der Waals surface area contributed by atoms with Crippen LogP contribution in [0.3, 0.4) is 0 Å². The Morgan fingerprint density at radius 1 is 1.50 bits per heavy atom. The zero-order chi connectivity index (χ0) is 8.97. The molecule has 0 radical (unpaired) electrons. The topological polar surface area (TPSA) is 38.0 Å². The van der Waals surface area contributed by atoms with Gasteiger partial charge in [0.15, 0.2) is 0 Å². The molecule has 0 fully saturated rings. The van der Waals surface area contributed by atoms with Crippen molar-refractivity contribution in [3.63, 3.8) is 0 Å². The van der Waals surface area contributed by atoms with Gasteiger partial charge in [-0.2, -0.15) is 0 Å². The number of rotatable bonds is 3. The van der Waals surface area contributed by atoms with Gasteiger partial charge in [0.1, 0.15) is 0 Å². The molecule has 66 valence electrons. The molecule has 0 bridgehead atoms. The molecule has 0 heterocycles. The molecule has 3 N–H and O–H groups in total. The largest absolute Gasteiger partial charge is 0.384 e. The highest BCUT2D eigenvalue weighted by Crippen LogP contribution is 2.25. The molecule has 0 aromatic heterocycles. The maximum atomic E-state index is 5.82. The Bertz CT molecular complexity index is 265. The van der Waals surface area contributed by atoms with Crippen molar-refractivity contribution in [3.8, 4) is 0 Å². The zero-order valence-electron chi connectivity index (χ0n) is 6.48. The molecular weight excluding hydrogens is 239 g/mol. The lowest BCUT2D eigenvalue weighted by atomic mass is 10.3. The van der Waals surface area contributed by atoms with Crippen LogP contribution in [0.5, 0.6) is 0 Å². The Hall–Kier alpha value is -0.250. The summed E-state index contributed by atoms with van der Waals surface area (Å²) < 4.78 is 0.895. The van der Waals surface area contributed by atoms with E-state index in [0.29, 0.717) is 11.6 Å². The van der Waals surface area contributed by atoms with Crippen LogP contribution >= 0.6 is 27.5 Å². The molecular formula is C8H10BrClN2. The number of hydrogen-bond acceptors (Lipinski definition) is 2. The maximum absolute atomic E-state index is 5.82. The van der Waals surface area contributed by atoms with Crippen LogP contribution in [0.1, 0.15) is 0 Å². The van der Waals surface area contributed by atoms with E-state index in [9.17, 15) is 0 Å². The van der Waals surface area contributed by atoms with Crippen molar-refractivity contribution in [1.29, 1.82) is 0 Å². The van der Waals surface area contributed by atoms with Gasteiger partial charge in [-0.3, -0.25) is 0 Å². The first-order valence-electron chi connectivity index (χ1n) is 3.63.